The number of carbonyl (C=O) groups is 2. The Kier molecular flexibility index (Phi) is 20.1. The van der Waals surface area contributed by atoms with Crippen molar-refractivity contribution in [3.05, 3.63) is 0 Å². The monoisotopic (exact) mass is 746 g/mol. The number of aliphatic hydroxyl groups is 3. The summed E-state index contributed by atoms with van der Waals surface area (Å²) in [5.41, 5.74) is 0. The second kappa shape index (κ2) is 21.4. The summed E-state index contributed by atoms with van der Waals surface area (Å²) in [5.74, 6) is -1.33. The average Bonchev–Trinajstić information content (AvgIpc) is 2.96. The van der Waals surface area contributed by atoms with Gasteiger partial charge in [0.2, 0.25) is 0 Å². The maximum atomic E-state index is 12.8. The van der Waals surface area contributed by atoms with Gasteiger partial charge in [-0.3, -0.25) is 27.7 Å². The molecule has 0 spiro atoms. The summed E-state index contributed by atoms with van der Waals surface area (Å²) in [5, 5.41) is 31.4. The molecule has 0 aromatic rings. The molecule has 0 saturated heterocycles. The summed E-state index contributed by atoms with van der Waals surface area (Å²) in [6.07, 6.45) is -7.79. The number of phosphoric ester groups is 3. The normalized spacial score (nSPS) is 25.6. The quantitative estimate of drug-likeness (QED) is 0.0396. The Morgan fingerprint density at radius 3 is 1.53 bits per heavy atom. The third-order valence-corrected chi connectivity index (χ3v) is 8.94. The van der Waals surface area contributed by atoms with Crippen LogP contribution in [0.4, 0.5) is 0 Å². The van der Waals surface area contributed by atoms with E-state index in [9.17, 15) is 53.3 Å². The Labute approximate surface area is 272 Å². The molecule has 1 aliphatic rings. The first-order valence-corrected chi connectivity index (χ1v) is 19.9. The molecular weight excluding hydrogens is 697 g/mol. The van der Waals surface area contributed by atoms with Crippen LogP contribution in [0.5, 0.6) is 0 Å². The van der Waals surface area contributed by atoms with Gasteiger partial charge in [0.05, 0.1) is 6.61 Å². The fraction of sp³-hybridized carbons (Fsp3) is 0.920. The van der Waals surface area contributed by atoms with Crippen molar-refractivity contribution < 1.29 is 90.6 Å². The van der Waals surface area contributed by atoms with Gasteiger partial charge in [-0.2, -0.15) is 0 Å². The zero-order chi connectivity index (χ0) is 35.8. The number of unbranched alkanes of at least 4 members (excludes halogenated alkanes) is 8. The second-order valence-corrected chi connectivity index (χ2v) is 14.8. The van der Waals surface area contributed by atoms with E-state index in [4.69, 9.17) is 28.3 Å². The van der Waals surface area contributed by atoms with Gasteiger partial charge < -0.3 is 49.3 Å². The highest BCUT2D eigenvalue weighted by molar-refractivity contribution is 7.47. The number of hydrogen-bond donors (Lipinski definition) is 8. The van der Waals surface area contributed by atoms with Gasteiger partial charge in [0, 0.05) is 12.8 Å². The summed E-state index contributed by atoms with van der Waals surface area (Å²) >= 11 is 0. The highest BCUT2D eigenvalue weighted by Gasteiger charge is 2.56. The summed E-state index contributed by atoms with van der Waals surface area (Å²) in [6.45, 7) is 2.59. The maximum absolute atomic E-state index is 12.8. The fourth-order valence-corrected chi connectivity index (χ4v) is 6.68. The third kappa shape index (κ3) is 18.6. The van der Waals surface area contributed by atoms with E-state index in [1.807, 2.05) is 13.8 Å². The molecule has 0 amide bonds. The predicted molar refractivity (Wildman–Crippen MR) is 160 cm³/mol. The van der Waals surface area contributed by atoms with Crippen molar-refractivity contribution in [2.75, 3.05) is 13.2 Å². The Morgan fingerprint density at radius 2 is 1.04 bits per heavy atom. The molecule has 0 heterocycles. The molecule has 8 atom stereocenters. The largest absolute Gasteiger partial charge is 0.472 e. The van der Waals surface area contributed by atoms with E-state index in [1.165, 1.54) is 0 Å². The molecule has 0 bridgehead atoms. The number of hydrogen-bond acceptors (Lipinski definition) is 14. The first kappa shape index (κ1) is 44.2. The highest BCUT2D eigenvalue weighted by atomic mass is 31.2. The van der Waals surface area contributed by atoms with Crippen molar-refractivity contribution in [3.63, 3.8) is 0 Å². The minimum absolute atomic E-state index is 0.00394. The number of ether oxygens (including phenoxy) is 2. The van der Waals surface area contributed by atoms with Crippen LogP contribution in [0.25, 0.3) is 0 Å². The van der Waals surface area contributed by atoms with E-state index < -0.39 is 91.3 Å². The van der Waals surface area contributed by atoms with Crippen LogP contribution >= 0.6 is 23.5 Å². The molecular formula is C25H49O19P3. The topological polar surface area (TPSA) is 303 Å². The van der Waals surface area contributed by atoms with Crippen LogP contribution in [0.15, 0.2) is 0 Å². The Morgan fingerprint density at radius 1 is 0.596 bits per heavy atom. The van der Waals surface area contributed by atoms with Gasteiger partial charge in [-0.25, -0.2) is 13.7 Å². The minimum atomic E-state index is -5.57. The SMILES string of the molecule is CCCCCCCC(=O)OC[C@H](COP(=O)(O)O[C@@H]1[C@@H](O)[C@@H](O)[C@@H](OP(=O)(O)O)[C@@H](OP(=O)(O)O)[C@H]1O)OC(=O)CCCCCCC. The summed E-state index contributed by atoms with van der Waals surface area (Å²) in [4.78, 5) is 71.6. The lowest BCUT2D eigenvalue weighted by Crippen LogP contribution is -2.65. The van der Waals surface area contributed by atoms with Crippen molar-refractivity contribution in [2.24, 2.45) is 0 Å². The standard InChI is InChI=1S/C25H49O19P3/c1-3-5-7-9-11-13-18(26)39-15-17(41-19(27)14-12-10-8-6-4-2)16-40-47(37,38)44-23-20(28)21(29)24(42-45(31,32)33)25(22(23)30)43-46(34,35)36/h17,20-25,28-30H,3-16H2,1-2H3,(H,37,38)(H2,31,32,33)(H2,34,35,36)/t17-,20+,21-,22+,23-,24-,25+/m1/s1. The molecule has 0 aromatic heterocycles. The van der Waals surface area contributed by atoms with Crippen LogP contribution < -0.4 is 0 Å². The van der Waals surface area contributed by atoms with Gasteiger partial charge in [-0.05, 0) is 12.8 Å². The van der Waals surface area contributed by atoms with Crippen molar-refractivity contribution in [1.29, 1.82) is 0 Å². The first-order chi connectivity index (χ1) is 21.8. The van der Waals surface area contributed by atoms with Crippen molar-refractivity contribution in [3.8, 4) is 0 Å². The molecule has 19 nitrogen and oxygen atoms in total. The van der Waals surface area contributed by atoms with E-state index in [-0.39, 0.29) is 12.8 Å². The fourth-order valence-electron chi connectivity index (χ4n) is 4.58. The Hall–Kier alpha value is -0.850. The maximum Gasteiger partial charge on any atom is 0.472 e. The number of carbonyl (C=O) groups excluding carboxylic acids is 2. The van der Waals surface area contributed by atoms with E-state index in [0.717, 1.165) is 51.4 Å². The van der Waals surface area contributed by atoms with Crippen LogP contribution in [0.2, 0.25) is 0 Å². The van der Waals surface area contributed by atoms with Crippen LogP contribution in [0, 0.1) is 0 Å². The highest BCUT2D eigenvalue weighted by Crippen LogP contribution is 2.51. The van der Waals surface area contributed by atoms with E-state index in [1.54, 1.807) is 0 Å². The zero-order valence-electron chi connectivity index (χ0n) is 26.4. The summed E-state index contributed by atoms with van der Waals surface area (Å²) < 4.78 is 64.2. The molecule has 0 radical (unpaired) electrons. The molecule has 0 aromatic carbocycles. The molecule has 1 saturated carbocycles. The van der Waals surface area contributed by atoms with Crippen molar-refractivity contribution >= 4 is 35.4 Å². The Bertz CT molecular complexity index is 1080. The van der Waals surface area contributed by atoms with Gasteiger partial charge in [-0.1, -0.05) is 65.2 Å². The zero-order valence-corrected chi connectivity index (χ0v) is 29.0. The molecule has 1 unspecified atom stereocenters. The molecule has 1 aliphatic carbocycles. The lowest BCUT2D eigenvalue weighted by Gasteiger charge is -2.44. The van der Waals surface area contributed by atoms with Crippen LogP contribution in [-0.2, 0) is 50.9 Å². The molecule has 22 heteroatoms. The van der Waals surface area contributed by atoms with E-state index in [0.29, 0.717) is 12.8 Å². The average molecular weight is 747 g/mol. The number of esters is 2. The smallest absolute Gasteiger partial charge is 0.462 e. The summed E-state index contributed by atoms with van der Waals surface area (Å²) in [7, 11) is -16.5. The van der Waals surface area contributed by atoms with E-state index in [2.05, 4.69) is 9.05 Å². The lowest BCUT2D eigenvalue weighted by atomic mass is 9.85. The molecule has 1 rings (SSSR count). The summed E-state index contributed by atoms with van der Waals surface area (Å²) in [6, 6.07) is 0. The van der Waals surface area contributed by atoms with Gasteiger partial charge in [0.25, 0.3) is 0 Å². The number of phosphoric acid groups is 3. The van der Waals surface area contributed by atoms with Gasteiger partial charge in [0.1, 0.15) is 43.2 Å². The van der Waals surface area contributed by atoms with Gasteiger partial charge in [0.15, 0.2) is 6.10 Å². The van der Waals surface area contributed by atoms with Gasteiger partial charge >= 0.3 is 35.4 Å². The van der Waals surface area contributed by atoms with E-state index >= 15 is 0 Å². The second-order valence-electron chi connectivity index (χ2n) is 11.1. The Balaban J connectivity index is 2.98. The van der Waals surface area contributed by atoms with Crippen LogP contribution in [0.3, 0.4) is 0 Å². The lowest BCUT2D eigenvalue weighted by molar-refractivity contribution is -0.213. The molecule has 278 valence electrons. The number of aliphatic hydroxyl groups excluding tert-OH is 3. The third-order valence-electron chi connectivity index (χ3n) is 6.91. The van der Waals surface area contributed by atoms with Crippen molar-refractivity contribution in [1.82, 2.24) is 0 Å². The minimum Gasteiger partial charge on any atom is -0.462 e. The first-order valence-electron chi connectivity index (χ1n) is 15.3. The molecule has 0 aliphatic heterocycles. The van der Waals surface area contributed by atoms with Crippen LogP contribution in [0.1, 0.15) is 90.9 Å². The van der Waals surface area contributed by atoms with Gasteiger partial charge in [-0.15, -0.1) is 0 Å². The predicted octanol–water partition coefficient (Wildman–Crippen LogP) is 1.72. The molecule has 8 N–H and O–H groups in total. The van der Waals surface area contributed by atoms with Crippen LogP contribution in [-0.4, -0.2) is 108 Å². The molecule has 1 fully saturated rings. The van der Waals surface area contributed by atoms with Crippen molar-refractivity contribution in [2.45, 2.75) is 134 Å². The molecule has 47 heavy (non-hydrogen) atoms. The number of rotatable bonds is 24.